The first kappa shape index (κ1) is 14.5. The third-order valence-electron chi connectivity index (χ3n) is 3.62. The molecule has 1 unspecified atom stereocenters. The van der Waals surface area contributed by atoms with Crippen LogP contribution in [0.2, 0.25) is 0 Å². The number of hydrogen-bond donors (Lipinski definition) is 1. The number of amides is 1. The Balaban J connectivity index is 1.71. The van der Waals surface area contributed by atoms with Gasteiger partial charge in [-0.05, 0) is 39.0 Å². The summed E-state index contributed by atoms with van der Waals surface area (Å²) >= 11 is 3.51. The maximum atomic E-state index is 12.2. The summed E-state index contributed by atoms with van der Waals surface area (Å²) in [5.41, 5.74) is 1.86. The van der Waals surface area contributed by atoms with E-state index in [9.17, 15) is 4.79 Å². The molecule has 6 heteroatoms. The van der Waals surface area contributed by atoms with Crippen molar-refractivity contribution in [1.29, 1.82) is 0 Å². The molecule has 114 valence electrons. The van der Waals surface area contributed by atoms with Crippen molar-refractivity contribution in [2.75, 3.05) is 29.9 Å². The summed E-state index contributed by atoms with van der Waals surface area (Å²) in [7, 11) is 0. The number of anilines is 2. The highest BCUT2D eigenvalue weighted by molar-refractivity contribution is 9.10. The molecule has 1 amide bonds. The maximum absolute atomic E-state index is 12.2. The quantitative estimate of drug-likeness (QED) is 0.777. The number of nitrogens with one attached hydrogen (secondary N) is 1. The lowest BCUT2D eigenvalue weighted by Crippen LogP contribution is -2.56. The molecule has 0 spiro atoms. The molecule has 1 N–H and O–H groups in total. The van der Waals surface area contributed by atoms with Gasteiger partial charge in [0.15, 0.2) is 0 Å². The van der Waals surface area contributed by atoms with Gasteiger partial charge < -0.3 is 19.9 Å². The van der Waals surface area contributed by atoms with Gasteiger partial charge in [-0.15, -0.1) is 0 Å². The predicted octanol–water partition coefficient (Wildman–Crippen LogP) is 3.26. The van der Waals surface area contributed by atoms with Crippen LogP contribution in [0.5, 0.6) is 0 Å². The molecule has 2 aliphatic rings. The van der Waals surface area contributed by atoms with Crippen LogP contribution in [-0.2, 0) is 4.74 Å². The summed E-state index contributed by atoms with van der Waals surface area (Å²) in [5, 5.41) is 3.47. The molecule has 5 nitrogen and oxygen atoms in total. The summed E-state index contributed by atoms with van der Waals surface area (Å²) < 4.78 is 6.52. The van der Waals surface area contributed by atoms with Crippen molar-refractivity contribution in [3.63, 3.8) is 0 Å². The molecule has 2 heterocycles. The number of hydrogen-bond acceptors (Lipinski definition) is 4. The van der Waals surface area contributed by atoms with Crippen LogP contribution in [0, 0.1) is 0 Å². The number of carbonyl (C=O) groups is 1. The number of benzene rings is 1. The Kier molecular flexibility index (Phi) is 3.51. The van der Waals surface area contributed by atoms with Crippen molar-refractivity contribution in [3.05, 3.63) is 22.7 Å². The van der Waals surface area contributed by atoms with Crippen molar-refractivity contribution < 1.29 is 9.53 Å². The number of piperazine rings is 1. The normalized spacial score (nSPS) is 20.7. The van der Waals surface area contributed by atoms with Crippen LogP contribution in [0.4, 0.5) is 16.2 Å². The Morgan fingerprint density at radius 3 is 2.86 bits per heavy atom. The predicted molar refractivity (Wildman–Crippen MR) is 86.7 cm³/mol. The van der Waals surface area contributed by atoms with Crippen LogP contribution in [0.15, 0.2) is 22.7 Å². The van der Waals surface area contributed by atoms with Crippen molar-refractivity contribution in [2.24, 2.45) is 0 Å². The standard InChI is InChI=1S/C15H20BrN3O2/c1-15(2,3)21-14(20)18-6-7-19-12-8-10(16)4-5-11(12)17-13(19)9-18/h4-5,8,13,17H,6-7,9H2,1-3H3. The van der Waals surface area contributed by atoms with Gasteiger partial charge in [-0.3, -0.25) is 0 Å². The highest BCUT2D eigenvalue weighted by Gasteiger charge is 2.36. The van der Waals surface area contributed by atoms with Crippen LogP contribution in [0.3, 0.4) is 0 Å². The van der Waals surface area contributed by atoms with Gasteiger partial charge in [0.05, 0.1) is 17.9 Å². The first-order chi connectivity index (χ1) is 9.83. The molecule has 1 aromatic rings. The highest BCUT2D eigenvalue weighted by Crippen LogP contribution is 2.38. The first-order valence-corrected chi connectivity index (χ1v) is 7.93. The maximum Gasteiger partial charge on any atom is 0.410 e. The summed E-state index contributed by atoms with van der Waals surface area (Å²) in [6.07, 6.45) is -0.114. The third-order valence-corrected chi connectivity index (χ3v) is 4.12. The van der Waals surface area contributed by atoms with Crippen molar-refractivity contribution in [1.82, 2.24) is 4.90 Å². The fraction of sp³-hybridized carbons (Fsp3) is 0.533. The summed E-state index contributed by atoms with van der Waals surface area (Å²) in [5.74, 6) is 0. The minimum absolute atomic E-state index is 0.121. The second-order valence-corrected chi connectivity index (χ2v) is 7.36. The zero-order valence-corrected chi connectivity index (χ0v) is 14.1. The fourth-order valence-corrected chi connectivity index (χ4v) is 3.08. The molecule has 1 aromatic carbocycles. The number of halogens is 1. The van der Waals surface area contributed by atoms with Gasteiger partial charge in [-0.25, -0.2) is 4.79 Å². The van der Waals surface area contributed by atoms with Crippen molar-refractivity contribution >= 4 is 33.4 Å². The zero-order valence-electron chi connectivity index (χ0n) is 12.5. The number of nitrogens with zero attached hydrogens (tertiary/aromatic N) is 2. The van der Waals surface area contributed by atoms with E-state index in [-0.39, 0.29) is 12.3 Å². The van der Waals surface area contributed by atoms with Crippen LogP contribution in [0.1, 0.15) is 20.8 Å². The molecule has 0 aliphatic carbocycles. The van der Waals surface area contributed by atoms with Crippen molar-refractivity contribution in [2.45, 2.75) is 32.5 Å². The zero-order chi connectivity index (χ0) is 15.2. The number of ether oxygens (including phenoxy) is 1. The summed E-state index contributed by atoms with van der Waals surface area (Å²) in [4.78, 5) is 16.3. The molecule has 0 radical (unpaired) electrons. The minimum Gasteiger partial charge on any atom is -0.444 e. The lowest BCUT2D eigenvalue weighted by molar-refractivity contribution is 0.0223. The number of carbonyl (C=O) groups excluding carboxylic acids is 1. The SMILES string of the molecule is CC(C)(C)OC(=O)N1CCN2c3cc(Br)ccc3NC2C1. The molecule has 1 fully saturated rings. The van der Waals surface area contributed by atoms with Gasteiger partial charge in [0.1, 0.15) is 11.8 Å². The number of fused-ring (bicyclic) bond motifs is 3. The molecular formula is C15H20BrN3O2. The second kappa shape index (κ2) is 5.09. The smallest absolute Gasteiger partial charge is 0.410 e. The lowest BCUT2D eigenvalue weighted by Gasteiger charge is -2.38. The topological polar surface area (TPSA) is 44.8 Å². The highest BCUT2D eigenvalue weighted by atomic mass is 79.9. The van der Waals surface area contributed by atoms with E-state index in [1.807, 2.05) is 26.8 Å². The Bertz CT molecular complexity index is 571. The van der Waals surface area contributed by atoms with Crippen LogP contribution < -0.4 is 10.2 Å². The third kappa shape index (κ3) is 2.95. The van der Waals surface area contributed by atoms with Gasteiger partial charge in [0, 0.05) is 17.6 Å². The van der Waals surface area contributed by atoms with Gasteiger partial charge in [-0.1, -0.05) is 15.9 Å². The molecular weight excluding hydrogens is 334 g/mol. The Morgan fingerprint density at radius 1 is 1.38 bits per heavy atom. The van der Waals surface area contributed by atoms with E-state index in [4.69, 9.17) is 4.74 Å². The van der Waals surface area contributed by atoms with Gasteiger partial charge in [0.25, 0.3) is 0 Å². The van der Waals surface area contributed by atoms with E-state index in [2.05, 4.69) is 38.3 Å². The van der Waals surface area contributed by atoms with E-state index >= 15 is 0 Å². The second-order valence-electron chi connectivity index (χ2n) is 6.44. The molecule has 1 saturated heterocycles. The summed E-state index contributed by atoms with van der Waals surface area (Å²) in [6.45, 7) is 7.79. The van der Waals surface area contributed by atoms with E-state index < -0.39 is 5.60 Å². The molecule has 21 heavy (non-hydrogen) atoms. The van der Waals surface area contributed by atoms with E-state index in [1.54, 1.807) is 4.90 Å². The Hall–Kier alpha value is -1.43. The Labute approximate surface area is 133 Å². The lowest BCUT2D eigenvalue weighted by atomic mass is 10.2. The van der Waals surface area contributed by atoms with Gasteiger partial charge in [-0.2, -0.15) is 0 Å². The largest absolute Gasteiger partial charge is 0.444 e. The molecule has 0 saturated carbocycles. The molecule has 0 aromatic heterocycles. The van der Waals surface area contributed by atoms with Gasteiger partial charge in [0.2, 0.25) is 0 Å². The van der Waals surface area contributed by atoms with Crippen LogP contribution >= 0.6 is 15.9 Å². The Morgan fingerprint density at radius 2 is 2.14 bits per heavy atom. The van der Waals surface area contributed by atoms with E-state index in [0.717, 1.165) is 16.7 Å². The average molecular weight is 354 g/mol. The molecule has 2 aliphatic heterocycles. The monoisotopic (exact) mass is 353 g/mol. The van der Waals surface area contributed by atoms with Crippen LogP contribution in [-0.4, -0.2) is 42.4 Å². The minimum atomic E-state index is -0.453. The average Bonchev–Trinajstić information content (AvgIpc) is 2.73. The number of rotatable bonds is 0. The molecule has 3 rings (SSSR count). The van der Waals surface area contributed by atoms with Crippen molar-refractivity contribution in [3.8, 4) is 0 Å². The fourth-order valence-electron chi connectivity index (χ4n) is 2.73. The molecule has 1 atom stereocenters. The van der Waals surface area contributed by atoms with E-state index in [1.165, 1.54) is 5.69 Å². The van der Waals surface area contributed by atoms with Gasteiger partial charge >= 0.3 is 6.09 Å². The molecule has 0 bridgehead atoms. The summed E-state index contributed by atoms with van der Waals surface area (Å²) in [6, 6.07) is 6.21. The first-order valence-electron chi connectivity index (χ1n) is 7.14. The van der Waals surface area contributed by atoms with Crippen LogP contribution in [0.25, 0.3) is 0 Å². The van der Waals surface area contributed by atoms with E-state index in [0.29, 0.717) is 13.1 Å².